The molecule has 18 heteroatoms. The Bertz CT molecular complexity index is 602. The standard InChI is InChI=1S/C6H15O15P3/c7-1-2(8)4(10)6(22(11,12)13,21-24(17,18)19)5(3(1)9)20-23(14,15)16/h1-5,7-10H,(H2,11,12,13)(H2,14,15,16)(H2,17,18,19)/t1-,2-,3+,4-,5-,6+/m1/s1. The van der Waals surface area contributed by atoms with Gasteiger partial charge in [0.05, 0.1) is 0 Å². The molecule has 0 spiro atoms. The predicted octanol–water partition coefficient (Wildman–Crippen LogP) is -4.10. The lowest BCUT2D eigenvalue weighted by molar-refractivity contribution is -0.235. The predicted molar refractivity (Wildman–Crippen MR) is 68.8 cm³/mol. The van der Waals surface area contributed by atoms with Crippen LogP contribution in [0.5, 0.6) is 0 Å². The van der Waals surface area contributed by atoms with Crippen molar-refractivity contribution in [3.05, 3.63) is 0 Å². The van der Waals surface area contributed by atoms with Crippen LogP contribution in [0.4, 0.5) is 0 Å². The minimum absolute atomic E-state index is 2.46. The Hall–Kier alpha value is 0.210. The second-order valence-electron chi connectivity index (χ2n) is 4.81. The van der Waals surface area contributed by atoms with Crippen LogP contribution >= 0.6 is 23.2 Å². The van der Waals surface area contributed by atoms with E-state index in [2.05, 4.69) is 9.05 Å². The molecule has 0 aromatic carbocycles. The molecular weight excluding hydrogens is 405 g/mol. The van der Waals surface area contributed by atoms with Gasteiger partial charge in [0.1, 0.15) is 30.5 Å². The van der Waals surface area contributed by atoms with E-state index in [1.165, 1.54) is 0 Å². The Kier molecular flexibility index (Phi) is 6.25. The third-order valence-electron chi connectivity index (χ3n) is 3.14. The summed E-state index contributed by atoms with van der Waals surface area (Å²) in [4.78, 5) is 53.9. The fraction of sp³-hybridized carbons (Fsp3) is 1.00. The average Bonchev–Trinajstić information content (AvgIpc) is 2.34. The fourth-order valence-electron chi connectivity index (χ4n) is 2.20. The van der Waals surface area contributed by atoms with E-state index in [0.29, 0.717) is 0 Å². The monoisotopic (exact) mass is 420 g/mol. The van der Waals surface area contributed by atoms with Crippen LogP contribution in [0.2, 0.25) is 0 Å². The summed E-state index contributed by atoms with van der Waals surface area (Å²) in [6.07, 6.45) is -13.9. The quantitative estimate of drug-likeness (QED) is 0.189. The van der Waals surface area contributed by atoms with Gasteiger partial charge in [-0.1, -0.05) is 0 Å². The molecule has 0 radical (unpaired) electrons. The van der Waals surface area contributed by atoms with Gasteiger partial charge in [0.15, 0.2) is 0 Å². The van der Waals surface area contributed by atoms with Crippen molar-refractivity contribution in [2.75, 3.05) is 0 Å². The lowest BCUT2D eigenvalue weighted by Gasteiger charge is -2.50. The Balaban J connectivity index is 3.69. The number of aliphatic hydroxyl groups excluding tert-OH is 4. The number of phosphoric acid groups is 2. The van der Waals surface area contributed by atoms with Gasteiger partial charge in [-0.3, -0.25) is 13.6 Å². The molecule has 15 nitrogen and oxygen atoms in total. The minimum atomic E-state index is -6.13. The zero-order chi connectivity index (χ0) is 19.3. The Labute approximate surface area is 132 Å². The summed E-state index contributed by atoms with van der Waals surface area (Å²) < 4.78 is 41.5. The third-order valence-corrected chi connectivity index (χ3v) is 5.84. The summed E-state index contributed by atoms with van der Waals surface area (Å²) in [5.41, 5.74) is 0. The summed E-state index contributed by atoms with van der Waals surface area (Å²) in [6.45, 7) is 0. The molecule has 1 fully saturated rings. The van der Waals surface area contributed by atoms with E-state index in [9.17, 15) is 43.9 Å². The van der Waals surface area contributed by atoms with E-state index in [1.54, 1.807) is 0 Å². The molecule has 144 valence electrons. The van der Waals surface area contributed by atoms with Crippen LogP contribution in [0.3, 0.4) is 0 Å². The largest absolute Gasteiger partial charge is 0.470 e. The van der Waals surface area contributed by atoms with Crippen molar-refractivity contribution in [3.8, 4) is 0 Å². The van der Waals surface area contributed by atoms with E-state index < -0.39 is 59.1 Å². The molecule has 1 aliphatic rings. The summed E-state index contributed by atoms with van der Waals surface area (Å²) in [6, 6.07) is 0. The van der Waals surface area contributed by atoms with Crippen molar-refractivity contribution in [3.63, 3.8) is 0 Å². The highest BCUT2D eigenvalue weighted by molar-refractivity contribution is 7.55. The normalized spacial score (nSPS) is 39.0. The lowest BCUT2D eigenvalue weighted by Crippen LogP contribution is -2.71. The molecule has 0 aliphatic heterocycles. The van der Waals surface area contributed by atoms with Crippen LogP contribution in [0, 0.1) is 0 Å². The maximum absolute atomic E-state index is 11.7. The molecule has 0 heterocycles. The summed E-state index contributed by atoms with van der Waals surface area (Å²) in [5.74, 6) is 0. The Morgan fingerprint density at radius 3 is 1.50 bits per heavy atom. The number of aliphatic hydroxyl groups is 4. The van der Waals surface area contributed by atoms with Gasteiger partial charge >= 0.3 is 23.2 Å². The SMILES string of the molecule is O=P(O)(O)O[C@@H]1[C@@H](O)[C@H](O)[C@@H](O)[C@@H](O)[C@]1(OP(=O)(O)O)P(=O)(O)O. The van der Waals surface area contributed by atoms with Gasteiger partial charge in [0.2, 0.25) is 5.34 Å². The average molecular weight is 420 g/mol. The van der Waals surface area contributed by atoms with Crippen LogP contribution in [0.1, 0.15) is 0 Å². The number of phosphoric ester groups is 2. The van der Waals surface area contributed by atoms with Crippen molar-refractivity contribution in [2.24, 2.45) is 0 Å². The maximum atomic E-state index is 11.7. The lowest BCUT2D eigenvalue weighted by atomic mass is 9.84. The van der Waals surface area contributed by atoms with Crippen LogP contribution in [0.25, 0.3) is 0 Å². The van der Waals surface area contributed by atoms with Gasteiger partial charge in [-0.2, -0.15) is 0 Å². The Morgan fingerprint density at radius 1 is 0.708 bits per heavy atom. The van der Waals surface area contributed by atoms with E-state index >= 15 is 0 Å². The molecule has 6 atom stereocenters. The molecule has 0 amide bonds. The highest BCUT2D eigenvalue weighted by atomic mass is 31.2. The molecule has 0 saturated heterocycles. The molecule has 0 bridgehead atoms. The molecule has 1 saturated carbocycles. The van der Waals surface area contributed by atoms with Gasteiger partial charge in [-0.05, 0) is 0 Å². The first-order valence-electron chi connectivity index (χ1n) is 5.72. The van der Waals surface area contributed by atoms with Gasteiger partial charge in [-0.15, -0.1) is 0 Å². The first kappa shape index (κ1) is 22.3. The van der Waals surface area contributed by atoms with Crippen molar-refractivity contribution in [1.82, 2.24) is 0 Å². The van der Waals surface area contributed by atoms with E-state index in [4.69, 9.17) is 19.6 Å². The number of hydrogen-bond acceptors (Lipinski definition) is 9. The van der Waals surface area contributed by atoms with Crippen LogP contribution in [-0.4, -0.2) is 85.6 Å². The molecule has 1 aliphatic carbocycles. The first-order chi connectivity index (χ1) is 10.4. The second kappa shape index (κ2) is 6.74. The van der Waals surface area contributed by atoms with Crippen molar-refractivity contribution in [1.29, 1.82) is 0 Å². The summed E-state index contributed by atoms with van der Waals surface area (Å²) in [7, 11) is -17.7. The number of rotatable bonds is 5. The molecular formula is C6H15O15P3. The van der Waals surface area contributed by atoms with Crippen molar-refractivity contribution >= 4 is 23.2 Å². The number of hydrogen-bond donors (Lipinski definition) is 10. The minimum Gasteiger partial charge on any atom is -0.387 e. The van der Waals surface area contributed by atoms with E-state index in [1.807, 2.05) is 0 Å². The third kappa shape index (κ3) is 4.30. The summed E-state index contributed by atoms with van der Waals surface area (Å²) in [5, 5.41) is 34.6. The zero-order valence-corrected chi connectivity index (χ0v) is 13.9. The fourth-order valence-corrected chi connectivity index (χ4v) is 5.23. The second-order valence-corrected chi connectivity index (χ2v) is 8.95. The topological polar surface area (TPSA) is 272 Å². The highest BCUT2D eigenvalue weighted by Gasteiger charge is 2.72. The zero-order valence-electron chi connectivity index (χ0n) is 11.2. The molecule has 1 rings (SSSR count). The molecule has 0 aromatic rings. The maximum Gasteiger partial charge on any atom is 0.470 e. The van der Waals surface area contributed by atoms with Crippen LogP contribution < -0.4 is 0 Å². The van der Waals surface area contributed by atoms with E-state index in [0.717, 1.165) is 0 Å². The highest BCUT2D eigenvalue weighted by Crippen LogP contribution is 2.65. The molecule has 10 N–H and O–H groups in total. The van der Waals surface area contributed by atoms with E-state index in [-0.39, 0.29) is 0 Å². The smallest absolute Gasteiger partial charge is 0.387 e. The molecule has 0 unspecified atom stereocenters. The van der Waals surface area contributed by atoms with Gasteiger partial charge < -0.3 is 49.8 Å². The summed E-state index contributed by atoms with van der Waals surface area (Å²) >= 11 is 0. The van der Waals surface area contributed by atoms with Gasteiger partial charge in [0, 0.05) is 0 Å². The molecule has 0 aromatic heterocycles. The van der Waals surface area contributed by atoms with Crippen molar-refractivity contribution < 1.29 is 72.5 Å². The van der Waals surface area contributed by atoms with Gasteiger partial charge in [0.25, 0.3) is 0 Å². The first-order valence-corrected chi connectivity index (χ1v) is 10.4. The van der Waals surface area contributed by atoms with Crippen molar-refractivity contribution in [2.45, 2.75) is 35.9 Å². The van der Waals surface area contributed by atoms with Crippen LogP contribution in [0.15, 0.2) is 0 Å². The van der Waals surface area contributed by atoms with Crippen LogP contribution in [-0.2, 0) is 22.7 Å². The van der Waals surface area contributed by atoms with Gasteiger partial charge in [-0.25, -0.2) is 9.13 Å². The Morgan fingerprint density at radius 2 is 1.17 bits per heavy atom. The molecule has 24 heavy (non-hydrogen) atoms.